The minimum absolute atomic E-state index is 0.413. The molecule has 0 aliphatic rings. The van der Waals surface area contributed by atoms with Crippen molar-refractivity contribution >= 4 is 11.6 Å². The summed E-state index contributed by atoms with van der Waals surface area (Å²) in [4.78, 5) is 11.6. The van der Waals surface area contributed by atoms with Crippen LogP contribution in [0.4, 0.5) is 5.69 Å². The van der Waals surface area contributed by atoms with Gasteiger partial charge in [-0.2, -0.15) is 0 Å². The molecule has 0 heterocycles. The number of rotatable bonds is 5. The molecule has 0 aliphatic heterocycles. The Morgan fingerprint density at radius 3 is 2.61 bits per heavy atom. The predicted molar refractivity (Wildman–Crippen MR) is 68.0 cm³/mol. The van der Waals surface area contributed by atoms with Crippen molar-refractivity contribution in [2.75, 3.05) is 26.1 Å². The Morgan fingerprint density at radius 2 is 2.11 bits per heavy atom. The fraction of sp³-hybridized carbons (Fsp3) is 0.417. The maximum Gasteiger partial charge on any atom is 0.243 e. The number of carbonyl (C=O) groups is 1. The highest BCUT2D eigenvalue weighted by atomic mass is 16.5. The maximum atomic E-state index is 11.6. The fourth-order valence-electron chi connectivity index (χ4n) is 1.46. The number of aliphatic hydroxyl groups excluding tert-OH is 1. The molecule has 1 rings (SSSR count). The number of ether oxygens (including phenoxy) is 2. The zero-order chi connectivity index (χ0) is 13.7. The van der Waals surface area contributed by atoms with Crippen LogP contribution in [-0.2, 0) is 4.79 Å². The van der Waals surface area contributed by atoms with Crippen LogP contribution in [0, 0.1) is 6.92 Å². The van der Waals surface area contributed by atoms with Gasteiger partial charge >= 0.3 is 0 Å². The van der Waals surface area contributed by atoms with E-state index in [2.05, 4.69) is 5.32 Å². The van der Waals surface area contributed by atoms with Crippen molar-refractivity contribution in [2.45, 2.75) is 13.0 Å². The zero-order valence-corrected chi connectivity index (χ0v) is 10.7. The van der Waals surface area contributed by atoms with E-state index >= 15 is 0 Å². The second-order valence-electron chi connectivity index (χ2n) is 3.80. The number of benzene rings is 1. The van der Waals surface area contributed by atoms with Crippen LogP contribution in [0.25, 0.3) is 0 Å². The SMILES string of the molecule is COc1cc(C)c(NC(=O)C(N)CO)c(OC)c1. The van der Waals surface area contributed by atoms with Crippen LogP contribution in [-0.4, -0.2) is 37.9 Å². The molecule has 1 unspecified atom stereocenters. The summed E-state index contributed by atoms with van der Waals surface area (Å²) in [7, 11) is 3.05. The van der Waals surface area contributed by atoms with Gasteiger partial charge in [0.1, 0.15) is 17.5 Å². The first-order valence-corrected chi connectivity index (χ1v) is 5.43. The van der Waals surface area contributed by atoms with Crippen molar-refractivity contribution in [3.05, 3.63) is 17.7 Å². The summed E-state index contributed by atoms with van der Waals surface area (Å²) >= 11 is 0. The Kier molecular flexibility index (Phi) is 4.94. The molecule has 18 heavy (non-hydrogen) atoms. The standard InChI is InChI=1S/C12H18N2O4/c1-7-4-8(17-2)5-10(18-3)11(7)14-12(16)9(13)6-15/h4-5,9,15H,6,13H2,1-3H3,(H,14,16). The molecule has 100 valence electrons. The molecular weight excluding hydrogens is 236 g/mol. The number of nitrogens with one attached hydrogen (secondary N) is 1. The maximum absolute atomic E-state index is 11.6. The molecule has 0 aromatic heterocycles. The molecule has 6 nitrogen and oxygen atoms in total. The van der Waals surface area contributed by atoms with Gasteiger partial charge in [-0.25, -0.2) is 0 Å². The van der Waals surface area contributed by atoms with Crippen molar-refractivity contribution in [3.8, 4) is 11.5 Å². The molecule has 0 saturated heterocycles. The first kappa shape index (κ1) is 14.3. The number of methoxy groups -OCH3 is 2. The van der Waals surface area contributed by atoms with Crippen LogP contribution in [0.3, 0.4) is 0 Å². The minimum atomic E-state index is -0.962. The molecule has 0 bridgehead atoms. The van der Waals surface area contributed by atoms with E-state index < -0.39 is 18.6 Å². The fourth-order valence-corrected chi connectivity index (χ4v) is 1.46. The first-order chi connectivity index (χ1) is 8.53. The highest BCUT2D eigenvalue weighted by Gasteiger charge is 2.16. The third kappa shape index (κ3) is 3.12. The molecule has 0 aliphatic carbocycles. The molecule has 1 amide bonds. The number of hydrogen-bond acceptors (Lipinski definition) is 5. The summed E-state index contributed by atoms with van der Waals surface area (Å²) in [6.45, 7) is 1.40. The first-order valence-electron chi connectivity index (χ1n) is 5.43. The van der Waals surface area contributed by atoms with E-state index in [1.54, 1.807) is 19.2 Å². The number of anilines is 1. The normalized spacial score (nSPS) is 11.8. The van der Waals surface area contributed by atoms with Crippen molar-refractivity contribution in [2.24, 2.45) is 5.73 Å². The minimum Gasteiger partial charge on any atom is -0.497 e. The Hall–Kier alpha value is -1.79. The molecule has 0 radical (unpaired) electrons. The smallest absolute Gasteiger partial charge is 0.243 e. The van der Waals surface area contributed by atoms with Crippen molar-refractivity contribution < 1.29 is 19.4 Å². The molecule has 4 N–H and O–H groups in total. The Morgan fingerprint density at radius 1 is 1.44 bits per heavy atom. The van der Waals surface area contributed by atoms with Gasteiger partial charge in [-0.15, -0.1) is 0 Å². The van der Waals surface area contributed by atoms with Gasteiger partial charge in [-0.05, 0) is 18.6 Å². The second-order valence-corrected chi connectivity index (χ2v) is 3.80. The quantitative estimate of drug-likeness (QED) is 0.701. The summed E-state index contributed by atoms with van der Waals surface area (Å²) in [6.07, 6.45) is 0. The molecular formula is C12H18N2O4. The van der Waals surface area contributed by atoms with Gasteiger partial charge in [0.15, 0.2) is 0 Å². The zero-order valence-electron chi connectivity index (χ0n) is 10.7. The molecule has 1 aromatic rings. The lowest BCUT2D eigenvalue weighted by Gasteiger charge is -2.16. The van der Waals surface area contributed by atoms with Crippen molar-refractivity contribution in [1.82, 2.24) is 0 Å². The van der Waals surface area contributed by atoms with E-state index in [0.29, 0.717) is 17.2 Å². The van der Waals surface area contributed by atoms with E-state index in [-0.39, 0.29) is 0 Å². The average molecular weight is 254 g/mol. The average Bonchev–Trinajstić information content (AvgIpc) is 2.39. The lowest BCUT2D eigenvalue weighted by Crippen LogP contribution is -2.38. The van der Waals surface area contributed by atoms with Crippen LogP contribution in [0.15, 0.2) is 12.1 Å². The van der Waals surface area contributed by atoms with E-state index in [4.69, 9.17) is 20.3 Å². The van der Waals surface area contributed by atoms with E-state index in [0.717, 1.165) is 5.56 Å². The molecule has 1 aromatic carbocycles. The van der Waals surface area contributed by atoms with Crippen LogP contribution in [0.2, 0.25) is 0 Å². The Labute approximate surface area is 106 Å². The van der Waals surface area contributed by atoms with E-state index in [1.807, 2.05) is 6.92 Å². The number of aryl methyl sites for hydroxylation is 1. The molecule has 1 atom stereocenters. The summed E-state index contributed by atoms with van der Waals surface area (Å²) in [5, 5.41) is 11.5. The lowest BCUT2D eigenvalue weighted by molar-refractivity contribution is -0.118. The number of amides is 1. The highest BCUT2D eigenvalue weighted by molar-refractivity contribution is 5.97. The topological polar surface area (TPSA) is 93.8 Å². The summed E-state index contributed by atoms with van der Waals surface area (Å²) in [6, 6.07) is 2.46. The van der Waals surface area contributed by atoms with Crippen LogP contribution in [0.1, 0.15) is 5.56 Å². The number of carbonyl (C=O) groups excluding carboxylic acids is 1. The third-order valence-electron chi connectivity index (χ3n) is 2.51. The third-order valence-corrected chi connectivity index (χ3v) is 2.51. The molecule has 0 saturated carbocycles. The van der Waals surface area contributed by atoms with Gasteiger partial charge in [0, 0.05) is 6.07 Å². The van der Waals surface area contributed by atoms with Crippen LogP contribution in [0.5, 0.6) is 11.5 Å². The summed E-state index contributed by atoms with van der Waals surface area (Å²) in [5.74, 6) is 0.642. The number of aliphatic hydroxyl groups is 1. The molecule has 0 fully saturated rings. The van der Waals surface area contributed by atoms with Gasteiger partial charge in [-0.1, -0.05) is 0 Å². The van der Waals surface area contributed by atoms with Crippen LogP contribution < -0.4 is 20.5 Å². The van der Waals surface area contributed by atoms with E-state index in [1.165, 1.54) is 7.11 Å². The largest absolute Gasteiger partial charge is 0.497 e. The van der Waals surface area contributed by atoms with Crippen molar-refractivity contribution in [3.63, 3.8) is 0 Å². The lowest BCUT2D eigenvalue weighted by atomic mass is 10.1. The highest BCUT2D eigenvalue weighted by Crippen LogP contribution is 2.33. The Bertz CT molecular complexity index is 434. The predicted octanol–water partition coefficient (Wildman–Crippen LogP) is 0.270. The Balaban J connectivity index is 3.04. The van der Waals surface area contributed by atoms with Gasteiger partial charge in [-0.3, -0.25) is 4.79 Å². The van der Waals surface area contributed by atoms with Gasteiger partial charge in [0.05, 0.1) is 26.5 Å². The van der Waals surface area contributed by atoms with Crippen molar-refractivity contribution in [1.29, 1.82) is 0 Å². The van der Waals surface area contributed by atoms with Crippen LogP contribution >= 0.6 is 0 Å². The molecule has 0 spiro atoms. The summed E-state index contributed by atoms with van der Waals surface area (Å²) < 4.78 is 10.3. The van der Waals surface area contributed by atoms with Gasteiger partial charge in [0.2, 0.25) is 5.91 Å². The van der Waals surface area contributed by atoms with Gasteiger partial charge in [0.25, 0.3) is 0 Å². The number of nitrogens with two attached hydrogens (primary N) is 1. The number of hydrogen-bond donors (Lipinski definition) is 3. The monoisotopic (exact) mass is 254 g/mol. The van der Waals surface area contributed by atoms with Gasteiger partial charge < -0.3 is 25.6 Å². The molecule has 6 heteroatoms. The van der Waals surface area contributed by atoms with E-state index in [9.17, 15) is 4.79 Å². The second kappa shape index (κ2) is 6.23. The summed E-state index contributed by atoms with van der Waals surface area (Å²) in [5.41, 5.74) is 6.74.